The first-order chi connectivity index (χ1) is 7.13. The van der Waals surface area contributed by atoms with E-state index >= 15 is 0 Å². The predicted molar refractivity (Wildman–Crippen MR) is 60.0 cm³/mol. The van der Waals surface area contributed by atoms with Gasteiger partial charge in [-0.05, 0) is 35.0 Å². The van der Waals surface area contributed by atoms with Crippen LogP contribution in [0, 0.1) is 17.3 Å². The average Bonchev–Trinajstić information content (AvgIpc) is 2.45. The third kappa shape index (κ3) is 1.48. The third-order valence-electron chi connectivity index (χ3n) is 2.22. The van der Waals surface area contributed by atoms with E-state index in [0.717, 1.165) is 5.56 Å². The van der Waals surface area contributed by atoms with Crippen LogP contribution in [0.2, 0.25) is 0 Å². The summed E-state index contributed by atoms with van der Waals surface area (Å²) in [6.45, 7) is 1.60. The van der Waals surface area contributed by atoms with E-state index in [4.69, 9.17) is 0 Å². The molecule has 4 nitrogen and oxygen atoms in total. The van der Waals surface area contributed by atoms with Gasteiger partial charge in [-0.3, -0.25) is 0 Å². The summed E-state index contributed by atoms with van der Waals surface area (Å²) >= 11 is 3.25. The van der Waals surface area contributed by atoms with E-state index in [2.05, 4.69) is 15.9 Å². The van der Waals surface area contributed by atoms with E-state index in [1.54, 1.807) is 19.1 Å². The maximum absolute atomic E-state index is 11.5. The fourth-order valence-electron chi connectivity index (χ4n) is 1.40. The second-order valence-electron chi connectivity index (χ2n) is 3.16. The molecule has 0 amide bonds. The molecule has 5 heteroatoms. The van der Waals surface area contributed by atoms with E-state index in [9.17, 15) is 10.4 Å². The first-order valence-electron chi connectivity index (χ1n) is 4.36. The average molecular weight is 268 g/mol. The van der Waals surface area contributed by atoms with Crippen LogP contribution in [0.3, 0.4) is 0 Å². The lowest BCUT2D eigenvalue weighted by molar-refractivity contribution is -0.674. The van der Waals surface area contributed by atoms with E-state index in [1.807, 2.05) is 18.2 Å². The fourth-order valence-corrected chi connectivity index (χ4v) is 1.93. The molecule has 0 aliphatic heterocycles. The zero-order valence-electron chi connectivity index (χ0n) is 7.98. The van der Waals surface area contributed by atoms with E-state index in [1.165, 1.54) is 0 Å². The van der Waals surface area contributed by atoms with Crippen molar-refractivity contribution in [2.45, 2.75) is 6.92 Å². The van der Waals surface area contributed by atoms with Gasteiger partial charge in [0.25, 0.3) is 5.69 Å². The second kappa shape index (κ2) is 3.58. The molecule has 0 radical (unpaired) electrons. The Hall–Kier alpha value is -1.49. The lowest BCUT2D eigenvalue weighted by atomic mass is 10.1. The van der Waals surface area contributed by atoms with Gasteiger partial charge in [-0.25, -0.2) is 0 Å². The highest BCUT2D eigenvalue weighted by Crippen LogP contribution is 2.27. The smallest absolute Gasteiger partial charge is 0.265 e. The largest absolute Gasteiger partial charge is 0.758 e. The van der Waals surface area contributed by atoms with Crippen LogP contribution < -0.4 is 4.85 Å². The normalized spacial score (nSPS) is 10.5. The standard InChI is InChI=1S/C10H8BrN2O2/c1-7-9(11)10(13(15)12(7)14)8-5-3-2-4-6-8/h2-6H,1H3/q-1. The molecule has 2 aromatic rings. The highest BCUT2D eigenvalue weighted by atomic mass is 79.9. The van der Waals surface area contributed by atoms with Crippen LogP contribution in [0.15, 0.2) is 34.8 Å². The van der Waals surface area contributed by atoms with Crippen LogP contribution in [0.4, 0.5) is 0 Å². The number of benzene rings is 1. The molecule has 15 heavy (non-hydrogen) atoms. The van der Waals surface area contributed by atoms with Gasteiger partial charge in [0.1, 0.15) is 4.47 Å². The van der Waals surface area contributed by atoms with Crippen LogP contribution in [-0.4, -0.2) is 4.85 Å². The summed E-state index contributed by atoms with van der Waals surface area (Å²) in [5.41, 5.74) is 1.43. The third-order valence-corrected chi connectivity index (χ3v) is 3.17. The van der Waals surface area contributed by atoms with Crippen LogP contribution in [0.25, 0.3) is 11.3 Å². The molecule has 0 N–H and O–H groups in total. The highest BCUT2D eigenvalue weighted by Gasteiger charge is 2.20. The van der Waals surface area contributed by atoms with Gasteiger partial charge in [-0.15, -0.1) is 0 Å². The summed E-state index contributed by atoms with van der Waals surface area (Å²) in [6.07, 6.45) is 0. The molecule has 0 aliphatic carbocycles. The maximum Gasteiger partial charge on any atom is 0.265 e. The molecule has 0 unspecified atom stereocenters. The van der Waals surface area contributed by atoms with Gasteiger partial charge < -0.3 is 10.4 Å². The SMILES string of the molecule is Cc1c(Br)c(-c2ccccc2)[n+]([O-])n1[O-]. The van der Waals surface area contributed by atoms with Crippen molar-refractivity contribution in [3.05, 3.63) is 50.9 Å². The molecule has 0 saturated carbocycles. The number of hydrogen-bond acceptors (Lipinski definition) is 2. The Balaban J connectivity index is 2.69. The Morgan fingerprint density at radius 3 is 2.33 bits per heavy atom. The molecule has 0 spiro atoms. The molecule has 0 fully saturated rings. The zero-order chi connectivity index (χ0) is 11.0. The van der Waals surface area contributed by atoms with Crippen molar-refractivity contribution < 1.29 is 4.85 Å². The Morgan fingerprint density at radius 1 is 1.27 bits per heavy atom. The van der Waals surface area contributed by atoms with Crippen molar-refractivity contribution in [2.24, 2.45) is 0 Å². The van der Waals surface area contributed by atoms with Crippen LogP contribution in [-0.2, 0) is 0 Å². The van der Waals surface area contributed by atoms with Crippen molar-refractivity contribution in [3.63, 3.8) is 0 Å². The molecule has 78 valence electrons. The summed E-state index contributed by atoms with van der Waals surface area (Å²) in [4.78, 5) is 0.668. The lowest BCUT2D eigenvalue weighted by Gasteiger charge is -2.07. The minimum atomic E-state index is 0.326. The first kappa shape index (κ1) is 10.0. The van der Waals surface area contributed by atoms with Crippen molar-refractivity contribution in [1.82, 2.24) is 4.85 Å². The molecular formula is C10H8BrN2O2-. The molecule has 0 bridgehead atoms. The predicted octanol–water partition coefficient (Wildman–Crippen LogP) is 2.21. The van der Waals surface area contributed by atoms with Crippen molar-refractivity contribution >= 4 is 15.9 Å². The van der Waals surface area contributed by atoms with Gasteiger partial charge in [0, 0.05) is 0 Å². The Kier molecular flexibility index (Phi) is 2.40. The minimum absolute atomic E-state index is 0.326. The van der Waals surface area contributed by atoms with E-state index in [0.29, 0.717) is 25.6 Å². The number of aromatic nitrogens is 2. The number of nitrogens with zero attached hydrogens (tertiary/aromatic N) is 2. The molecule has 1 heterocycles. The first-order valence-corrected chi connectivity index (χ1v) is 5.16. The van der Waals surface area contributed by atoms with Gasteiger partial charge in [0.2, 0.25) is 0 Å². The van der Waals surface area contributed by atoms with Gasteiger partial charge >= 0.3 is 0 Å². The van der Waals surface area contributed by atoms with Crippen molar-refractivity contribution in [1.29, 1.82) is 0 Å². The van der Waals surface area contributed by atoms with Crippen LogP contribution in [0.5, 0.6) is 0 Å². The molecule has 1 aromatic heterocycles. The maximum atomic E-state index is 11.5. The van der Waals surface area contributed by atoms with Crippen molar-refractivity contribution in [3.8, 4) is 11.3 Å². The molecule has 1 aromatic carbocycles. The van der Waals surface area contributed by atoms with Gasteiger partial charge in [-0.2, -0.15) is 4.85 Å². The Labute approximate surface area is 95.0 Å². The number of halogens is 1. The Morgan fingerprint density at radius 2 is 1.87 bits per heavy atom. The van der Waals surface area contributed by atoms with Gasteiger partial charge in [-0.1, -0.05) is 23.0 Å². The minimum Gasteiger partial charge on any atom is -0.758 e. The van der Waals surface area contributed by atoms with Gasteiger partial charge in [0.15, 0.2) is 0 Å². The summed E-state index contributed by atoms with van der Waals surface area (Å²) < 4.78 is 0.540. The number of hydrogen-bond donors (Lipinski definition) is 0. The molecule has 0 saturated heterocycles. The summed E-state index contributed by atoms with van der Waals surface area (Å²) in [5.74, 6) is 0. The second-order valence-corrected chi connectivity index (χ2v) is 3.95. The molecule has 0 atom stereocenters. The van der Waals surface area contributed by atoms with Crippen LogP contribution >= 0.6 is 15.9 Å². The van der Waals surface area contributed by atoms with Gasteiger partial charge in [0.05, 0.1) is 11.3 Å². The zero-order valence-corrected chi connectivity index (χ0v) is 9.56. The van der Waals surface area contributed by atoms with E-state index in [-0.39, 0.29) is 0 Å². The molecular weight excluding hydrogens is 260 g/mol. The highest BCUT2D eigenvalue weighted by molar-refractivity contribution is 9.10. The Bertz CT molecular complexity index is 468. The fraction of sp³-hybridized carbons (Fsp3) is 0.100. The van der Waals surface area contributed by atoms with Crippen LogP contribution in [0.1, 0.15) is 5.69 Å². The number of rotatable bonds is 1. The monoisotopic (exact) mass is 267 g/mol. The topological polar surface area (TPSA) is 54.9 Å². The molecule has 2 rings (SSSR count). The summed E-state index contributed by atoms with van der Waals surface area (Å²) in [5, 5.41) is 22.9. The molecule has 0 aliphatic rings. The van der Waals surface area contributed by atoms with E-state index < -0.39 is 0 Å². The lowest BCUT2D eigenvalue weighted by Crippen LogP contribution is -2.36. The quantitative estimate of drug-likeness (QED) is 0.588. The summed E-state index contributed by atoms with van der Waals surface area (Å²) in [7, 11) is 0. The van der Waals surface area contributed by atoms with Crippen molar-refractivity contribution in [2.75, 3.05) is 0 Å². The summed E-state index contributed by atoms with van der Waals surface area (Å²) in [6, 6.07) is 9.06.